The minimum Gasteiger partial charge on any atom is -0.510 e. The Bertz CT molecular complexity index is 847. The van der Waals surface area contributed by atoms with E-state index in [9.17, 15) is 9.90 Å². The second-order valence-electron chi connectivity index (χ2n) is 4.89. The van der Waals surface area contributed by atoms with Gasteiger partial charge in [0.2, 0.25) is 0 Å². The number of nitrogens with one attached hydrogen (secondary N) is 1. The van der Waals surface area contributed by atoms with E-state index in [1.54, 1.807) is 36.4 Å². The van der Waals surface area contributed by atoms with Crippen LogP contribution in [0.4, 0.5) is 11.4 Å². The Morgan fingerprint density at radius 2 is 1.88 bits per heavy atom. The maximum Gasteiger partial charge on any atom is 0.279 e. The normalized spacial score (nSPS) is 12.0. The number of aliphatic hydroxyl groups is 1. The zero-order chi connectivity index (χ0) is 18.4. The molecule has 0 heterocycles. The molecule has 0 saturated carbocycles. The van der Waals surface area contributed by atoms with Gasteiger partial charge in [0.25, 0.3) is 5.91 Å². The minimum atomic E-state index is -0.631. The first kappa shape index (κ1) is 18.8. The van der Waals surface area contributed by atoms with Crippen LogP contribution >= 0.6 is 23.2 Å². The van der Waals surface area contributed by atoms with Gasteiger partial charge in [0.1, 0.15) is 11.5 Å². The Hall–Kier alpha value is -2.57. The van der Waals surface area contributed by atoms with E-state index in [1.165, 1.54) is 20.1 Å². The number of carbonyl (C=O) groups excluding carboxylic acids is 1. The summed E-state index contributed by atoms with van der Waals surface area (Å²) in [6, 6.07) is 11.5. The van der Waals surface area contributed by atoms with Gasteiger partial charge in [0, 0.05) is 0 Å². The molecule has 8 heteroatoms. The molecule has 0 aliphatic rings. The second-order valence-corrected chi connectivity index (χ2v) is 5.70. The van der Waals surface area contributed by atoms with Crippen molar-refractivity contribution >= 4 is 40.5 Å². The van der Waals surface area contributed by atoms with Crippen molar-refractivity contribution in [2.75, 3.05) is 12.4 Å². The highest BCUT2D eigenvalue weighted by Gasteiger charge is 2.15. The third-order valence-electron chi connectivity index (χ3n) is 3.08. The highest BCUT2D eigenvalue weighted by molar-refractivity contribution is 6.42. The lowest BCUT2D eigenvalue weighted by Gasteiger charge is -2.09. The Balaban J connectivity index is 2.23. The molecular formula is C17H15Cl2N3O3. The molecule has 0 aromatic heterocycles. The van der Waals surface area contributed by atoms with Crippen LogP contribution in [0, 0.1) is 0 Å². The summed E-state index contributed by atoms with van der Waals surface area (Å²) in [6.45, 7) is 1.34. The molecular weight excluding hydrogens is 365 g/mol. The molecule has 0 bridgehead atoms. The lowest BCUT2D eigenvalue weighted by atomic mass is 10.2. The van der Waals surface area contributed by atoms with Gasteiger partial charge in [-0.1, -0.05) is 35.3 Å². The maximum atomic E-state index is 12.4. The summed E-state index contributed by atoms with van der Waals surface area (Å²) in [4.78, 5) is 12.4. The van der Waals surface area contributed by atoms with Gasteiger partial charge >= 0.3 is 0 Å². The number of hydrogen-bond donors (Lipinski definition) is 2. The molecule has 0 spiro atoms. The van der Waals surface area contributed by atoms with Crippen LogP contribution in [-0.4, -0.2) is 18.1 Å². The minimum absolute atomic E-state index is 0.239. The summed E-state index contributed by atoms with van der Waals surface area (Å²) < 4.78 is 5.17. The standard InChI is InChI=1S/C17H15Cl2N3O3/c1-10(23)16(22-21-11-7-8-12(18)13(19)9-11)17(24)20-14-5-3-4-6-15(14)25-2/h3-9,23H,1-2H3,(H,20,24)/b16-10-,22-21?. The fourth-order valence-corrected chi connectivity index (χ4v) is 2.16. The van der Waals surface area contributed by atoms with Crippen molar-refractivity contribution in [3.8, 4) is 5.75 Å². The van der Waals surface area contributed by atoms with Crippen LogP contribution < -0.4 is 10.1 Å². The third-order valence-corrected chi connectivity index (χ3v) is 3.82. The van der Waals surface area contributed by atoms with Gasteiger partial charge in [-0.3, -0.25) is 4.79 Å². The first-order chi connectivity index (χ1) is 11.9. The van der Waals surface area contributed by atoms with E-state index >= 15 is 0 Å². The Kier molecular flexibility index (Phi) is 6.38. The van der Waals surface area contributed by atoms with Crippen molar-refractivity contribution in [3.05, 3.63) is 64.0 Å². The van der Waals surface area contributed by atoms with Crippen molar-refractivity contribution in [3.63, 3.8) is 0 Å². The quantitative estimate of drug-likeness (QED) is 0.407. The van der Waals surface area contributed by atoms with Crippen molar-refractivity contribution in [1.29, 1.82) is 0 Å². The molecule has 0 unspecified atom stereocenters. The van der Waals surface area contributed by atoms with Gasteiger partial charge in [0.15, 0.2) is 5.70 Å². The highest BCUT2D eigenvalue weighted by Crippen LogP contribution is 2.28. The highest BCUT2D eigenvalue weighted by atomic mass is 35.5. The fourth-order valence-electron chi connectivity index (χ4n) is 1.87. The second kappa shape index (κ2) is 8.50. The molecule has 0 fully saturated rings. The predicted molar refractivity (Wildman–Crippen MR) is 97.9 cm³/mol. The maximum absolute atomic E-state index is 12.4. The Morgan fingerprint density at radius 1 is 1.16 bits per heavy atom. The number of aliphatic hydroxyl groups excluding tert-OH is 1. The summed E-state index contributed by atoms with van der Waals surface area (Å²) >= 11 is 11.7. The molecule has 2 N–H and O–H groups in total. The molecule has 130 valence electrons. The molecule has 0 atom stereocenters. The lowest BCUT2D eigenvalue weighted by molar-refractivity contribution is -0.113. The summed E-state index contributed by atoms with van der Waals surface area (Å²) in [5.74, 6) is -0.434. The molecule has 25 heavy (non-hydrogen) atoms. The third kappa shape index (κ3) is 4.95. The van der Waals surface area contributed by atoms with E-state index in [1.807, 2.05) is 0 Å². The van der Waals surface area contributed by atoms with E-state index < -0.39 is 5.91 Å². The van der Waals surface area contributed by atoms with E-state index in [0.717, 1.165) is 0 Å². The van der Waals surface area contributed by atoms with Gasteiger partial charge in [-0.15, -0.1) is 5.11 Å². The average Bonchev–Trinajstić information content (AvgIpc) is 2.58. The fraction of sp³-hybridized carbons (Fsp3) is 0.118. The summed E-state index contributed by atoms with van der Waals surface area (Å²) in [5, 5.41) is 20.8. The summed E-state index contributed by atoms with van der Waals surface area (Å²) in [6.07, 6.45) is 0. The van der Waals surface area contributed by atoms with Gasteiger partial charge < -0.3 is 15.2 Å². The number of rotatable bonds is 5. The number of anilines is 1. The van der Waals surface area contributed by atoms with Gasteiger partial charge in [-0.2, -0.15) is 5.11 Å². The monoisotopic (exact) mass is 379 g/mol. The molecule has 0 aliphatic heterocycles. The molecule has 0 aliphatic carbocycles. The van der Waals surface area contributed by atoms with Crippen LogP contribution in [0.25, 0.3) is 0 Å². The number of amides is 1. The zero-order valence-electron chi connectivity index (χ0n) is 13.5. The number of halogens is 2. The number of methoxy groups -OCH3 is 1. The van der Waals surface area contributed by atoms with E-state index in [4.69, 9.17) is 27.9 Å². The summed E-state index contributed by atoms with van der Waals surface area (Å²) in [7, 11) is 1.49. The van der Waals surface area contributed by atoms with Crippen LogP contribution in [0.15, 0.2) is 64.1 Å². The number of carbonyl (C=O) groups is 1. The molecule has 6 nitrogen and oxygen atoms in total. The smallest absolute Gasteiger partial charge is 0.279 e. The average molecular weight is 380 g/mol. The molecule has 2 aromatic rings. The first-order valence-electron chi connectivity index (χ1n) is 7.13. The number of benzene rings is 2. The molecule has 0 saturated heterocycles. The number of hydrogen-bond acceptors (Lipinski definition) is 5. The van der Waals surface area contributed by atoms with Crippen LogP contribution in [0.3, 0.4) is 0 Å². The van der Waals surface area contributed by atoms with Crippen LogP contribution in [-0.2, 0) is 4.79 Å². The number of para-hydroxylation sites is 2. The largest absolute Gasteiger partial charge is 0.510 e. The Morgan fingerprint density at radius 3 is 2.52 bits per heavy atom. The SMILES string of the molecule is COc1ccccc1NC(=O)/C(N=Nc1ccc(Cl)c(Cl)c1)=C(\C)O. The lowest BCUT2D eigenvalue weighted by Crippen LogP contribution is -2.15. The molecule has 2 aromatic carbocycles. The van der Waals surface area contributed by atoms with Gasteiger partial charge in [-0.05, 0) is 37.3 Å². The van der Waals surface area contributed by atoms with E-state index in [-0.39, 0.29) is 11.5 Å². The van der Waals surface area contributed by atoms with Gasteiger partial charge in [0.05, 0.1) is 28.5 Å². The van der Waals surface area contributed by atoms with Crippen LogP contribution in [0.5, 0.6) is 5.75 Å². The van der Waals surface area contributed by atoms with Crippen molar-refractivity contribution in [1.82, 2.24) is 0 Å². The number of allylic oxidation sites excluding steroid dienone is 1. The predicted octanol–water partition coefficient (Wildman–Crippen LogP) is 5.51. The summed E-state index contributed by atoms with van der Waals surface area (Å²) in [5.41, 5.74) is 0.591. The number of ether oxygens (including phenoxy) is 1. The zero-order valence-corrected chi connectivity index (χ0v) is 15.0. The van der Waals surface area contributed by atoms with Crippen molar-refractivity contribution in [2.45, 2.75) is 6.92 Å². The first-order valence-corrected chi connectivity index (χ1v) is 7.89. The molecule has 2 rings (SSSR count). The number of azo groups is 1. The van der Waals surface area contributed by atoms with E-state index in [2.05, 4.69) is 15.5 Å². The van der Waals surface area contributed by atoms with Crippen molar-refractivity contribution < 1.29 is 14.6 Å². The Labute approximate surface area is 154 Å². The topological polar surface area (TPSA) is 83.3 Å². The van der Waals surface area contributed by atoms with E-state index in [0.29, 0.717) is 27.2 Å². The van der Waals surface area contributed by atoms with Crippen LogP contribution in [0.2, 0.25) is 10.0 Å². The molecule has 1 amide bonds. The van der Waals surface area contributed by atoms with Gasteiger partial charge in [-0.25, -0.2) is 0 Å². The molecule has 0 radical (unpaired) electrons. The van der Waals surface area contributed by atoms with Crippen LogP contribution in [0.1, 0.15) is 6.92 Å². The van der Waals surface area contributed by atoms with Crippen molar-refractivity contribution in [2.24, 2.45) is 10.2 Å². The number of nitrogens with zero attached hydrogens (tertiary/aromatic N) is 2.